The van der Waals surface area contributed by atoms with Crippen molar-refractivity contribution in [1.82, 2.24) is 15.3 Å². The van der Waals surface area contributed by atoms with Crippen LogP contribution in [0.25, 0.3) is 10.9 Å². The van der Waals surface area contributed by atoms with Crippen molar-refractivity contribution in [2.45, 2.75) is 44.9 Å². The zero-order valence-electron chi connectivity index (χ0n) is 21.6. The average molecular weight is 495 g/mol. The second-order valence-corrected chi connectivity index (χ2v) is 10.0. The standard InChI is InChI=1S/C30H34N6O/c1-4-35-28(21-13-7-5-8-14-21)36(23-15-9-6-10-16-23)27(34-35)26(33-29(37)30(2,3)31)19-22-20-32-25-18-12-11-17-24(22)25/h5-18,20,26,28,32H,4,19,31H2,1-3H3,(H,33,37)/t26-,28?/m1/s1. The summed E-state index contributed by atoms with van der Waals surface area (Å²) in [6.45, 7) is 6.26. The summed E-state index contributed by atoms with van der Waals surface area (Å²) in [5, 5.41) is 11.6. The van der Waals surface area contributed by atoms with Crippen molar-refractivity contribution in [2.75, 3.05) is 11.4 Å². The number of anilines is 1. The van der Waals surface area contributed by atoms with Crippen LogP contribution in [-0.4, -0.2) is 39.9 Å². The van der Waals surface area contributed by atoms with E-state index in [4.69, 9.17) is 10.8 Å². The number of nitrogens with one attached hydrogen (secondary N) is 2. The van der Waals surface area contributed by atoms with Crippen LogP contribution in [0.5, 0.6) is 0 Å². The van der Waals surface area contributed by atoms with E-state index in [1.807, 2.05) is 54.7 Å². The lowest BCUT2D eigenvalue weighted by atomic mass is 10.00. The minimum absolute atomic E-state index is 0.142. The van der Waals surface area contributed by atoms with E-state index in [0.29, 0.717) is 13.0 Å². The number of aromatic amines is 1. The number of nitrogens with two attached hydrogens (primary N) is 1. The number of carbonyl (C=O) groups excluding carboxylic acids is 1. The highest BCUT2D eigenvalue weighted by Gasteiger charge is 2.40. The molecule has 1 aromatic heterocycles. The second-order valence-electron chi connectivity index (χ2n) is 10.0. The Bertz CT molecular complexity index is 1390. The molecule has 7 nitrogen and oxygen atoms in total. The third kappa shape index (κ3) is 4.95. The van der Waals surface area contributed by atoms with Crippen molar-refractivity contribution in [1.29, 1.82) is 0 Å². The van der Waals surface area contributed by atoms with Crippen LogP contribution < -0.4 is 16.0 Å². The van der Waals surface area contributed by atoms with Gasteiger partial charge in [-0.05, 0) is 50.1 Å². The van der Waals surface area contributed by atoms with Crippen LogP contribution in [-0.2, 0) is 11.2 Å². The van der Waals surface area contributed by atoms with Crippen molar-refractivity contribution in [3.05, 3.63) is 102 Å². The van der Waals surface area contributed by atoms with Gasteiger partial charge >= 0.3 is 0 Å². The van der Waals surface area contributed by atoms with Crippen LogP contribution in [0.3, 0.4) is 0 Å². The number of H-pyrrole nitrogens is 1. The lowest BCUT2D eigenvalue weighted by molar-refractivity contribution is -0.125. The second kappa shape index (κ2) is 10.1. The predicted molar refractivity (Wildman–Crippen MR) is 150 cm³/mol. The molecule has 2 heterocycles. The molecule has 5 rings (SSSR count). The maximum atomic E-state index is 13.2. The van der Waals surface area contributed by atoms with Gasteiger partial charge < -0.3 is 20.9 Å². The first-order valence-corrected chi connectivity index (χ1v) is 12.8. The quantitative estimate of drug-likeness (QED) is 0.329. The van der Waals surface area contributed by atoms with E-state index in [1.165, 1.54) is 0 Å². The third-order valence-electron chi connectivity index (χ3n) is 6.76. The zero-order valence-corrected chi connectivity index (χ0v) is 21.6. The first-order valence-electron chi connectivity index (χ1n) is 12.8. The molecule has 37 heavy (non-hydrogen) atoms. The highest BCUT2D eigenvalue weighted by molar-refractivity contribution is 6.05. The minimum atomic E-state index is -1.03. The van der Waals surface area contributed by atoms with Crippen LogP contribution in [0.2, 0.25) is 0 Å². The summed E-state index contributed by atoms with van der Waals surface area (Å²) in [6, 6.07) is 28.4. The molecule has 3 aromatic carbocycles. The summed E-state index contributed by atoms with van der Waals surface area (Å²) in [5.74, 6) is 0.559. The molecular weight excluding hydrogens is 460 g/mol. The van der Waals surface area contributed by atoms with Gasteiger partial charge in [-0.1, -0.05) is 66.7 Å². The highest BCUT2D eigenvalue weighted by atomic mass is 16.2. The lowest BCUT2D eigenvalue weighted by Crippen LogP contribution is -2.56. The Balaban J connectivity index is 1.62. The molecule has 0 saturated carbocycles. The number of carbonyl (C=O) groups is 1. The summed E-state index contributed by atoms with van der Waals surface area (Å²) in [6.07, 6.45) is 2.44. The number of hydrogen-bond donors (Lipinski definition) is 3. The topological polar surface area (TPSA) is 89.8 Å². The first kappa shape index (κ1) is 24.6. The molecule has 1 amide bonds. The molecule has 4 aromatic rings. The van der Waals surface area contributed by atoms with Gasteiger partial charge in [0.25, 0.3) is 0 Å². The molecule has 0 fully saturated rings. The Morgan fingerprint density at radius 2 is 1.68 bits per heavy atom. The van der Waals surface area contributed by atoms with Crippen LogP contribution in [0.4, 0.5) is 5.69 Å². The predicted octanol–water partition coefficient (Wildman–Crippen LogP) is 4.79. The van der Waals surface area contributed by atoms with Crippen molar-refractivity contribution in [3.8, 4) is 0 Å². The van der Waals surface area contributed by atoms with Crippen molar-refractivity contribution in [3.63, 3.8) is 0 Å². The summed E-state index contributed by atoms with van der Waals surface area (Å²) in [5.41, 5.74) is 9.51. The Labute approximate surface area is 218 Å². The fourth-order valence-electron chi connectivity index (χ4n) is 4.85. The number of rotatable bonds is 8. The first-order chi connectivity index (χ1) is 17.9. The SMILES string of the molecule is CCN1N=C([C@@H](Cc2c[nH]c3ccccc23)NC(=O)C(C)(C)N)N(c2ccccc2)C1c1ccccc1. The molecule has 190 valence electrons. The van der Waals surface area contributed by atoms with Crippen molar-refractivity contribution in [2.24, 2.45) is 10.8 Å². The monoisotopic (exact) mass is 494 g/mol. The summed E-state index contributed by atoms with van der Waals surface area (Å²) in [4.78, 5) is 18.8. The van der Waals surface area contributed by atoms with E-state index in [2.05, 4.69) is 63.5 Å². The molecule has 1 aliphatic rings. The molecule has 1 aliphatic heterocycles. The average Bonchev–Trinajstić information content (AvgIpc) is 3.50. The largest absolute Gasteiger partial charge is 0.361 e. The molecule has 0 aliphatic carbocycles. The molecule has 0 spiro atoms. The van der Waals surface area contributed by atoms with Gasteiger partial charge in [0.05, 0.1) is 11.6 Å². The number of benzene rings is 3. The molecular formula is C30H34N6O. The number of aromatic nitrogens is 1. The fourth-order valence-corrected chi connectivity index (χ4v) is 4.85. The molecule has 1 unspecified atom stereocenters. The van der Waals surface area contributed by atoms with Gasteiger partial charge in [-0.25, -0.2) is 0 Å². The lowest BCUT2D eigenvalue weighted by Gasteiger charge is -2.34. The van der Waals surface area contributed by atoms with Gasteiger partial charge in [-0.2, -0.15) is 5.10 Å². The highest BCUT2D eigenvalue weighted by Crippen LogP contribution is 2.37. The number of nitrogens with zero attached hydrogens (tertiary/aromatic N) is 3. The van der Waals surface area contributed by atoms with E-state index in [-0.39, 0.29) is 12.1 Å². The van der Waals surface area contributed by atoms with E-state index < -0.39 is 11.6 Å². The van der Waals surface area contributed by atoms with Gasteiger partial charge in [0.15, 0.2) is 5.84 Å². The number of amides is 1. The number of fused-ring (bicyclic) bond motifs is 1. The van der Waals surface area contributed by atoms with Gasteiger partial charge in [0, 0.05) is 35.8 Å². The minimum Gasteiger partial charge on any atom is -0.361 e. The summed E-state index contributed by atoms with van der Waals surface area (Å²) >= 11 is 0. The molecule has 7 heteroatoms. The van der Waals surface area contributed by atoms with Crippen LogP contribution in [0.15, 0.2) is 96.2 Å². The van der Waals surface area contributed by atoms with Crippen LogP contribution >= 0.6 is 0 Å². The fraction of sp³-hybridized carbons (Fsp3) is 0.267. The van der Waals surface area contributed by atoms with Crippen LogP contribution in [0, 0.1) is 0 Å². The van der Waals surface area contributed by atoms with E-state index in [9.17, 15) is 4.79 Å². The summed E-state index contributed by atoms with van der Waals surface area (Å²) < 4.78 is 0. The van der Waals surface area contributed by atoms with Gasteiger partial charge in [-0.15, -0.1) is 0 Å². The number of amidine groups is 1. The third-order valence-corrected chi connectivity index (χ3v) is 6.76. The molecule has 0 saturated heterocycles. The zero-order chi connectivity index (χ0) is 26.0. The molecule has 2 atom stereocenters. The van der Waals surface area contributed by atoms with Gasteiger partial charge in [0.1, 0.15) is 6.17 Å². The Morgan fingerprint density at radius 3 is 2.35 bits per heavy atom. The maximum Gasteiger partial charge on any atom is 0.240 e. The molecule has 0 bridgehead atoms. The Kier molecular flexibility index (Phi) is 6.72. The smallest absolute Gasteiger partial charge is 0.240 e. The van der Waals surface area contributed by atoms with Gasteiger partial charge in [-0.3, -0.25) is 9.80 Å². The number of hydrazone groups is 1. The Hall–Kier alpha value is -4.10. The van der Waals surface area contributed by atoms with E-state index >= 15 is 0 Å². The number of para-hydroxylation sites is 2. The summed E-state index contributed by atoms with van der Waals surface area (Å²) in [7, 11) is 0. The molecule has 0 radical (unpaired) electrons. The number of hydrogen-bond acceptors (Lipinski definition) is 5. The van der Waals surface area contributed by atoms with Crippen molar-refractivity contribution < 1.29 is 4.79 Å². The van der Waals surface area contributed by atoms with E-state index in [0.717, 1.165) is 33.6 Å². The normalized spacial score (nSPS) is 16.6. The van der Waals surface area contributed by atoms with Crippen molar-refractivity contribution >= 4 is 28.3 Å². The van der Waals surface area contributed by atoms with Crippen LogP contribution in [0.1, 0.15) is 38.1 Å². The molecule has 4 N–H and O–H groups in total. The van der Waals surface area contributed by atoms with Gasteiger partial charge in [0.2, 0.25) is 5.91 Å². The van der Waals surface area contributed by atoms with E-state index in [1.54, 1.807) is 13.8 Å². The Morgan fingerprint density at radius 1 is 1.03 bits per heavy atom. The maximum absolute atomic E-state index is 13.2.